The number of ether oxygens (including phenoxy) is 1. The van der Waals surface area contributed by atoms with Crippen LogP contribution >= 0.6 is 0 Å². The fourth-order valence-corrected chi connectivity index (χ4v) is 1.67. The third-order valence-corrected chi connectivity index (χ3v) is 2.59. The molecule has 0 unspecified atom stereocenters. The van der Waals surface area contributed by atoms with Crippen molar-refractivity contribution in [1.29, 1.82) is 0 Å². The van der Waals surface area contributed by atoms with Crippen LogP contribution in [0.3, 0.4) is 0 Å². The van der Waals surface area contributed by atoms with E-state index in [9.17, 15) is 4.79 Å². The average molecular weight is 238 g/mol. The van der Waals surface area contributed by atoms with Gasteiger partial charge in [-0.2, -0.15) is 0 Å². The second kappa shape index (κ2) is 3.68. The monoisotopic (exact) mass is 238 g/mol. The number of amides is 1. The van der Waals surface area contributed by atoms with Crippen LogP contribution in [0, 0.1) is 0 Å². The molecule has 1 heterocycles. The molecule has 1 fully saturated rings. The van der Waals surface area contributed by atoms with Gasteiger partial charge in [-0.05, 0) is 39.7 Å². The Balaban J connectivity index is 2.02. The lowest BCUT2D eigenvalue weighted by Crippen LogP contribution is -2.39. The molecule has 2 rings (SSSR count). The molecule has 1 saturated carbocycles. The average Bonchev–Trinajstić information content (AvgIpc) is 2.77. The van der Waals surface area contributed by atoms with Gasteiger partial charge in [-0.15, -0.1) is 0 Å². The number of hydrogen-bond acceptors (Lipinski definition) is 4. The predicted octanol–water partition coefficient (Wildman–Crippen LogP) is 2.38. The predicted molar refractivity (Wildman–Crippen MR) is 63.4 cm³/mol. The highest BCUT2D eigenvalue weighted by atomic mass is 16.6. The molecule has 94 valence electrons. The molecule has 0 aliphatic heterocycles. The van der Waals surface area contributed by atoms with Crippen molar-refractivity contribution in [3.63, 3.8) is 0 Å². The first-order valence-corrected chi connectivity index (χ1v) is 5.68. The van der Waals surface area contributed by atoms with E-state index in [0.29, 0.717) is 11.6 Å². The Bertz CT molecular complexity index is 427. The van der Waals surface area contributed by atoms with Crippen molar-refractivity contribution in [3.8, 4) is 0 Å². The van der Waals surface area contributed by atoms with Gasteiger partial charge in [0.1, 0.15) is 16.9 Å². The molecule has 3 N–H and O–H groups in total. The molecule has 1 aliphatic carbocycles. The zero-order valence-corrected chi connectivity index (χ0v) is 10.4. The Kier molecular flexibility index (Phi) is 2.56. The van der Waals surface area contributed by atoms with E-state index in [1.807, 2.05) is 20.8 Å². The van der Waals surface area contributed by atoms with Gasteiger partial charge >= 0.3 is 6.09 Å². The minimum Gasteiger partial charge on any atom is -0.444 e. The third kappa shape index (κ3) is 2.72. The van der Waals surface area contributed by atoms with E-state index in [4.69, 9.17) is 14.9 Å². The Morgan fingerprint density at radius 3 is 2.53 bits per heavy atom. The zero-order chi connectivity index (χ0) is 12.7. The lowest BCUT2D eigenvalue weighted by Gasteiger charge is -2.22. The Labute approximate surface area is 100 Å². The highest BCUT2D eigenvalue weighted by Crippen LogP contribution is 2.46. The maximum atomic E-state index is 11.7. The highest BCUT2D eigenvalue weighted by Gasteiger charge is 2.49. The quantitative estimate of drug-likeness (QED) is 0.829. The normalized spacial score (nSPS) is 17.6. The molecule has 17 heavy (non-hydrogen) atoms. The summed E-state index contributed by atoms with van der Waals surface area (Å²) >= 11 is 0. The molecule has 1 amide bonds. The summed E-state index contributed by atoms with van der Waals surface area (Å²) in [7, 11) is 0. The Hall–Kier alpha value is -1.65. The maximum absolute atomic E-state index is 11.7. The molecule has 0 saturated heterocycles. The second-order valence-corrected chi connectivity index (χ2v) is 5.41. The SMILES string of the molecule is CC(C)(C)OC(=O)NC1(c2ccc(N)o2)CC1. The Morgan fingerprint density at radius 2 is 2.12 bits per heavy atom. The molecule has 5 heteroatoms. The van der Waals surface area contributed by atoms with Gasteiger partial charge in [-0.1, -0.05) is 0 Å². The second-order valence-electron chi connectivity index (χ2n) is 5.41. The minimum atomic E-state index is -0.498. The van der Waals surface area contributed by atoms with Crippen LogP contribution < -0.4 is 11.1 Å². The van der Waals surface area contributed by atoms with Crippen LogP contribution in [0.1, 0.15) is 39.4 Å². The minimum absolute atomic E-state index is 0.359. The molecule has 0 radical (unpaired) electrons. The van der Waals surface area contributed by atoms with Gasteiger partial charge in [0, 0.05) is 6.07 Å². The summed E-state index contributed by atoms with van der Waals surface area (Å²) in [5.74, 6) is 1.05. The van der Waals surface area contributed by atoms with E-state index in [-0.39, 0.29) is 0 Å². The van der Waals surface area contributed by atoms with Crippen LogP contribution in [0.15, 0.2) is 16.5 Å². The summed E-state index contributed by atoms with van der Waals surface area (Å²) in [6.07, 6.45) is 1.27. The fourth-order valence-electron chi connectivity index (χ4n) is 1.67. The van der Waals surface area contributed by atoms with Gasteiger partial charge < -0.3 is 20.2 Å². The van der Waals surface area contributed by atoms with Gasteiger partial charge in [-0.25, -0.2) is 4.79 Å². The smallest absolute Gasteiger partial charge is 0.408 e. The first kappa shape index (κ1) is 11.8. The molecule has 1 aromatic heterocycles. The summed E-state index contributed by atoms with van der Waals surface area (Å²) in [4.78, 5) is 11.7. The lowest BCUT2D eigenvalue weighted by molar-refractivity contribution is 0.0488. The first-order valence-electron chi connectivity index (χ1n) is 5.68. The van der Waals surface area contributed by atoms with Crippen molar-refractivity contribution in [2.75, 3.05) is 5.73 Å². The topological polar surface area (TPSA) is 77.5 Å². The zero-order valence-electron chi connectivity index (χ0n) is 10.4. The number of nitrogens with one attached hydrogen (secondary N) is 1. The number of nitrogen functional groups attached to an aromatic ring is 1. The fraction of sp³-hybridized carbons (Fsp3) is 0.583. The number of alkyl carbamates (subject to hydrolysis) is 1. The number of anilines is 1. The van der Waals surface area contributed by atoms with Crippen molar-refractivity contribution < 1.29 is 13.9 Å². The number of carbonyl (C=O) groups is 1. The van der Waals surface area contributed by atoms with Crippen molar-refractivity contribution >= 4 is 12.0 Å². The molecule has 5 nitrogen and oxygen atoms in total. The molecule has 0 bridgehead atoms. The van der Waals surface area contributed by atoms with E-state index >= 15 is 0 Å². The van der Waals surface area contributed by atoms with E-state index in [1.165, 1.54) is 0 Å². The van der Waals surface area contributed by atoms with E-state index in [2.05, 4.69) is 5.32 Å². The van der Waals surface area contributed by atoms with E-state index in [0.717, 1.165) is 12.8 Å². The van der Waals surface area contributed by atoms with E-state index < -0.39 is 17.2 Å². The number of furan rings is 1. The number of rotatable bonds is 2. The standard InChI is InChI=1S/C12H18N2O3/c1-11(2,3)17-10(15)14-12(6-7-12)8-4-5-9(13)16-8/h4-5H,6-7,13H2,1-3H3,(H,14,15). The molecule has 0 atom stereocenters. The third-order valence-electron chi connectivity index (χ3n) is 2.59. The Morgan fingerprint density at radius 1 is 1.47 bits per heavy atom. The summed E-state index contributed by atoms with van der Waals surface area (Å²) in [6.45, 7) is 5.49. The van der Waals surface area contributed by atoms with Crippen LogP contribution in [0.2, 0.25) is 0 Å². The summed E-state index contributed by atoms with van der Waals surface area (Å²) in [5.41, 5.74) is 4.61. The van der Waals surface area contributed by atoms with Gasteiger partial charge in [-0.3, -0.25) is 0 Å². The van der Waals surface area contributed by atoms with Crippen molar-refractivity contribution in [2.24, 2.45) is 0 Å². The van der Waals surface area contributed by atoms with Crippen LogP contribution in [0.4, 0.5) is 10.7 Å². The molecule has 1 aliphatic rings. The number of carbonyl (C=O) groups excluding carboxylic acids is 1. The molecular formula is C12H18N2O3. The summed E-state index contributed by atoms with van der Waals surface area (Å²) in [6, 6.07) is 3.48. The largest absolute Gasteiger partial charge is 0.444 e. The van der Waals surface area contributed by atoms with Crippen LogP contribution in [-0.2, 0) is 10.3 Å². The van der Waals surface area contributed by atoms with Crippen molar-refractivity contribution in [3.05, 3.63) is 17.9 Å². The van der Waals surface area contributed by atoms with Crippen LogP contribution in [-0.4, -0.2) is 11.7 Å². The molecule has 1 aromatic rings. The van der Waals surface area contributed by atoms with Gasteiger partial charge in [0.15, 0.2) is 5.88 Å². The molecular weight excluding hydrogens is 220 g/mol. The maximum Gasteiger partial charge on any atom is 0.408 e. The summed E-state index contributed by atoms with van der Waals surface area (Å²) < 4.78 is 10.6. The molecule has 0 aromatic carbocycles. The molecule has 0 spiro atoms. The van der Waals surface area contributed by atoms with Crippen molar-refractivity contribution in [2.45, 2.75) is 44.8 Å². The van der Waals surface area contributed by atoms with Crippen molar-refractivity contribution in [1.82, 2.24) is 5.32 Å². The summed E-state index contributed by atoms with van der Waals surface area (Å²) in [5, 5.41) is 2.84. The van der Waals surface area contributed by atoms with Gasteiger partial charge in [0.25, 0.3) is 0 Å². The van der Waals surface area contributed by atoms with Gasteiger partial charge in [0.05, 0.1) is 0 Å². The van der Waals surface area contributed by atoms with Crippen LogP contribution in [0.5, 0.6) is 0 Å². The lowest BCUT2D eigenvalue weighted by atomic mass is 10.2. The van der Waals surface area contributed by atoms with Crippen LogP contribution in [0.25, 0.3) is 0 Å². The number of hydrogen-bond donors (Lipinski definition) is 2. The van der Waals surface area contributed by atoms with Gasteiger partial charge in [0.2, 0.25) is 0 Å². The first-order chi connectivity index (χ1) is 7.81. The highest BCUT2D eigenvalue weighted by molar-refractivity contribution is 5.69. The van der Waals surface area contributed by atoms with E-state index in [1.54, 1.807) is 12.1 Å². The number of nitrogens with two attached hydrogens (primary N) is 1.